The lowest BCUT2D eigenvalue weighted by atomic mass is 10.0. The minimum Gasteiger partial charge on any atom is -0.452 e. The third kappa shape index (κ3) is 3.42. The molecule has 5 nitrogen and oxygen atoms in total. The van der Waals surface area contributed by atoms with Crippen molar-refractivity contribution in [2.75, 3.05) is 39.4 Å². The molecule has 1 atom stereocenters. The number of amides is 1. The standard InChI is InChI=1S/C15H21ClN2O3/c16-14-13(4-8-21-14)15(19)18-5-2-1-3-12(18)11-17-6-9-20-10-7-17/h4,8,12H,1-3,5-7,9-11H2/t12-/m1/s1. The molecule has 0 spiro atoms. The van der Waals surface area contributed by atoms with Crippen molar-refractivity contribution < 1.29 is 13.9 Å². The predicted molar refractivity (Wildman–Crippen MR) is 79.7 cm³/mol. The number of piperidine rings is 1. The fourth-order valence-corrected chi connectivity index (χ4v) is 3.34. The Hall–Kier alpha value is -1.04. The molecule has 6 heteroatoms. The van der Waals surface area contributed by atoms with Gasteiger partial charge in [0.1, 0.15) is 0 Å². The van der Waals surface area contributed by atoms with Crippen molar-refractivity contribution in [1.29, 1.82) is 0 Å². The van der Waals surface area contributed by atoms with E-state index in [0.29, 0.717) is 5.56 Å². The van der Waals surface area contributed by atoms with Gasteiger partial charge in [-0.15, -0.1) is 0 Å². The highest BCUT2D eigenvalue weighted by molar-refractivity contribution is 6.32. The van der Waals surface area contributed by atoms with E-state index >= 15 is 0 Å². The van der Waals surface area contributed by atoms with Crippen LogP contribution in [0.2, 0.25) is 5.22 Å². The molecule has 2 fully saturated rings. The number of carbonyl (C=O) groups is 1. The average Bonchev–Trinajstić information content (AvgIpc) is 2.94. The molecule has 1 aromatic heterocycles. The Morgan fingerprint density at radius 3 is 2.81 bits per heavy atom. The molecular weight excluding hydrogens is 292 g/mol. The van der Waals surface area contributed by atoms with Crippen LogP contribution in [-0.2, 0) is 4.74 Å². The number of rotatable bonds is 3. The SMILES string of the molecule is O=C(c1ccoc1Cl)N1CCCC[C@@H]1CN1CCOCC1. The molecule has 2 aliphatic heterocycles. The molecule has 0 N–H and O–H groups in total. The van der Waals surface area contributed by atoms with Crippen LogP contribution >= 0.6 is 11.6 Å². The highest BCUT2D eigenvalue weighted by Crippen LogP contribution is 2.24. The molecule has 3 heterocycles. The number of ether oxygens (including phenoxy) is 1. The Labute approximate surface area is 129 Å². The van der Waals surface area contributed by atoms with E-state index in [1.54, 1.807) is 6.07 Å². The highest BCUT2D eigenvalue weighted by atomic mass is 35.5. The summed E-state index contributed by atoms with van der Waals surface area (Å²) in [6.07, 6.45) is 4.76. The van der Waals surface area contributed by atoms with Crippen molar-refractivity contribution in [2.24, 2.45) is 0 Å². The summed E-state index contributed by atoms with van der Waals surface area (Å²) in [5, 5.41) is 0.190. The van der Waals surface area contributed by atoms with Gasteiger partial charge in [0.2, 0.25) is 5.22 Å². The summed E-state index contributed by atoms with van der Waals surface area (Å²) < 4.78 is 10.4. The zero-order valence-corrected chi connectivity index (χ0v) is 12.8. The number of furan rings is 1. The van der Waals surface area contributed by atoms with Crippen molar-refractivity contribution in [2.45, 2.75) is 25.3 Å². The Morgan fingerprint density at radius 1 is 1.29 bits per heavy atom. The second kappa shape index (κ2) is 6.81. The van der Waals surface area contributed by atoms with E-state index in [2.05, 4.69) is 4.90 Å². The molecule has 3 rings (SSSR count). The normalized spacial score (nSPS) is 24.2. The minimum atomic E-state index is -0.00768. The molecule has 2 aliphatic rings. The van der Waals surface area contributed by atoms with Crippen molar-refractivity contribution in [3.63, 3.8) is 0 Å². The van der Waals surface area contributed by atoms with Gasteiger partial charge < -0.3 is 14.1 Å². The summed E-state index contributed by atoms with van der Waals surface area (Å²) in [7, 11) is 0. The van der Waals surface area contributed by atoms with Gasteiger partial charge in [-0.25, -0.2) is 0 Å². The largest absolute Gasteiger partial charge is 0.452 e. The molecule has 0 aromatic carbocycles. The molecule has 116 valence electrons. The zero-order chi connectivity index (χ0) is 14.7. The van der Waals surface area contributed by atoms with E-state index in [0.717, 1.165) is 52.2 Å². The van der Waals surface area contributed by atoms with Crippen LogP contribution in [0.1, 0.15) is 29.6 Å². The number of hydrogen-bond donors (Lipinski definition) is 0. The van der Waals surface area contributed by atoms with Gasteiger partial charge in [-0.3, -0.25) is 9.69 Å². The molecule has 0 radical (unpaired) electrons. The Kier molecular flexibility index (Phi) is 4.83. The van der Waals surface area contributed by atoms with Gasteiger partial charge in [0.25, 0.3) is 5.91 Å². The van der Waals surface area contributed by atoms with E-state index in [4.69, 9.17) is 20.8 Å². The van der Waals surface area contributed by atoms with Crippen LogP contribution in [0.3, 0.4) is 0 Å². The number of likely N-dealkylation sites (tertiary alicyclic amines) is 1. The Morgan fingerprint density at radius 2 is 2.10 bits per heavy atom. The van der Waals surface area contributed by atoms with E-state index in [1.807, 2.05) is 4.90 Å². The van der Waals surface area contributed by atoms with Crippen molar-refractivity contribution >= 4 is 17.5 Å². The van der Waals surface area contributed by atoms with Gasteiger partial charge in [0.05, 0.1) is 25.0 Å². The molecule has 0 unspecified atom stereocenters. The van der Waals surface area contributed by atoms with Crippen molar-refractivity contribution in [3.8, 4) is 0 Å². The second-order valence-electron chi connectivity index (χ2n) is 5.67. The van der Waals surface area contributed by atoms with Crippen molar-refractivity contribution in [3.05, 3.63) is 23.1 Å². The van der Waals surface area contributed by atoms with Gasteiger partial charge in [0.15, 0.2) is 0 Å². The van der Waals surface area contributed by atoms with E-state index in [1.165, 1.54) is 12.7 Å². The topological polar surface area (TPSA) is 45.9 Å². The molecule has 0 saturated carbocycles. The number of carbonyl (C=O) groups excluding carboxylic acids is 1. The van der Waals surface area contributed by atoms with E-state index in [-0.39, 0.29) is 17.2 Å². The quantitative estimate of drug-likeness (QED) is 0.859. The van der Waals surface area contributed by atoms with Gasteiger partial charge in [0, 0.05) is 32.2 Å². The molecule has 0 bridgehead atoms. The predicted octanol–water partition coefficient (Wildman–Crippen LogP) is 2.26. The van der Waals surface area contributed by atoms with Crippen LogP contribution in [0.15, 0.2) is 16.7 Å². The highest BCUT2D eigenvalue weighted by Gasteiger charge is 2.30. The molecule has 1 amide bonds. The number of nitrogens with zero attached hydrogens (tertiary/aromatic N) is 2. The lowest BCUT2D eigenvalue weighted by Crippen LogP contribution is -2.51. The lowest BCUT2D eigenvalue weighted by Gasteiger charge is -2.39. The fraction of sp³-hybridized carbons (Fsp3) is 0.667. The third-order valence-electron chi connectivity index (χ3n) is 4.31. The maximum absolute atomic E-state index is 12.7. The van der Waals surface area contributed by atoms with Gasteiger partial charge in [-0.2, -0.15) is 0 Å². The lowest BCUT2D eigenvalue weighted by molar-refractivity contribution is 0.0166. The number of hydrogen-bond acceptors (Lipinski definition) is 4. The molecule has 1 aromatic rings. The minimum absolute atomic E-state index is 0.00768. The Balaban J connectivity index is 1.69. The maximum atomic E-state index is 12.7. The average molecular weight is 313 g/mol. The van der Waals surface area contributed by atoms with Crippen LogP contribution in [0.4, 0.5) is 0 Å². The second-order valence-corrected chi connectivity index (χ2v) is 6.01. The van der Waals surface area contributed by atoms with Crippen LogP contribution in [0.5, 0.6) is 0 Å². The monoisotopic (exact) mass is 312 g/mol. The molecule has 0 aliphatic carbocycles. The van der Waals surface area contributed by atoms with Gasteiger partial charge in [-0.1, -0.05) is 0 Å². The Bertz CT molecular complexity index is 485. The van der Waals surface area contributed by atoms with Crippen LogP contribution in [-0.4, -0.2) is 61.1 Å². The number of halogens is 1. The first-order valence-corrected chi connectivity index (χ1v) is 7.97. The third-order valence-corrected chi connectivity index (χ3v) is 4.60. The summed E-state index contributed by atoms with van der Waals surface area (Å²) in [4.78, 5) is 17.0. The molecule has 2 saturated heterocycles. The first kappa shape index (κ1) is 14.9. The van der Waals surface area contributed by atoms with Crippen LogP contribution < -0.4 is 0 Å². The van der Waals surface area contributed by atoms with Gasteiger partial charge >= 0.3 is 0 Å². The van der Waals surface area contributed by atoms with Crippen molar-refractivity contribution in [1.82, 2.24) is 9.80 Å². The smallest absolute Gasteiger partial charge is 0.259 e. The first-order chi connectivity index (χ1) is 10.3. The summed E-state index contributed by atoms with van der Waals surface area (Å²) in [5.74, 6) is -0.00768. The summed E-state index contributed by atoms with van der Waals surface area (Å²) in [6, 6.07) is 1.92. The summed E-state index contributed by atoms with van der Waals surface area (Å²) in [6.45, 7) is 5.19. The van der Waals surface area contributed by atoms with E-state index < -0.39 is 0 Å². The maximum Gasteiger partial charge on any atom is 0.259 e. The van der Waals surface area contributed by atoms with Gasteiger partial charge in [-0.05, 0) is 36.9 Å². The van der Waals surface area contributed by atoms with Crippen LogP contribution in [0, 0.1) is 0 Å². The molecular formula is C15H21ClN2O3. The summed E-state index contributed by atoms with van der Waals surface area (Å²) >= 11 is 5.95. The van der Waals surface area contributed by atoms with E-state index in [9.17, 15) is 4.79 Å². The number of morpholine rings is 1. The fourth-order valence-electron chi connectivity index (χ4n) is 3.14. The van der Waals surface area contributed by atoms with Crippen LogP contribution in [0.25, 0.3) is 0 Å². The molecule has 21 heavy (non-hydrogen) atoms. The summed E-state index contributed by atoms with van der Waals surface area (Å²) in [5.41, 5.74) is 0.477. The first-order valence-electron chi connectivity index (χ1n) is 7.60. The zero-order valence-electron chi connectivity index (χ0n) is 12.1.